The molecule has 0 aromatic heterocycles. The Labute approximate surface area is 195 Å². The van der Waals surface area contributed by atoms with E-state index >= 15 is 0 Å². The van der Waals surface area contributed by atoms with Gasteiger partial charge in [-0.1, -0.05) is 30.3 Å². The minimum Gasteiger partial charge on any atom is -0.493 e. The van der Waals surface area contributed by atoms with Crippen molar-refractivity contribution in [2.24, 2.45) is 0 Å². The minimum absolute atomic E-state index is 0.547. The summed E-state index contributed by atoms with van der Waals surface area (Å²) in [6.45, 7) is 7.12. The molecule has 0 spiro atoms. The van der Waals surface area contributed by atoms with Crippen LogP contribution in [0.5, 0.6) is 23.0 Å². The van der Waals surface area contributed by atoms with Gasteiger partial charge in [0.05, 0.1) is 27.4 Å². The number of benzene rings is 3. The van der Waals surface area contributed by atoms with Crippen LogP contribution in [0.15, 0.2) is 60.7 Å². The molecule has 1 unspecified atom stereocenters. The molecule has 5 nitrogen and oxygen atoms in total. The van der Waals surface area contributed by atoms with Crippen molar-refractivity contribution in [1.29, 1.82) is 0 Å². The maximum atomic E-state index is 6.75. The van der Waals surface area contributed by atoms with E-state index in [4.69, 9.17) is 23.7 Å². The van der Waals surface area contributed by atoms with Gasteiger partial charge in [0.2, 0.25) is 0 Å². The van der Waals surface area contributed by atoms with E-state index in [0.717, 1.165) is 33.8 Å². The van der Waals surface area contributed by atoms with Gasteiger partial charge in [0.1, 0.15) is 5.76 Å². The van der Waals surface area contributed by atoms with Crippen LogP contribution in [-0.4, -0.2) is 27.4 Å². The molecular weight excluding hydrogens is 416 g/mol. The van der Waals surface area contributed by atoms with Gasteiger partial charge in [-0.15, -0.1) is 0 Å². The molecule has 3 aromatic carbocycles. The molecule has 1 heterocycles. The van der Waals surface area contributed by atoms with Gasteiger partial charge in [-0.05, 0) is 68.3 Å². The second-order valence-corrected chi connectivity index (χ2v) is 7.83. The van der Waals surface area contributed by atoms with Crippen molar-refractivity contribution in [1.82, 2.24) is 0 Å². The van der Waals surface area contributed by atoms with E-state index in [1.54, 1.807) is 14.2 Å². The van der Waals surface area contributed by atoms with Crippen LogP contribution >= 0.6 is 0 Å². The predicted octanol–water partition coefficient (Wildman–Crippen LogP) is 6.29. The van der Waals surface area contributed by atoms with Crippen molar-refractivity contribution in [3.05, 3.63) is 82.9 Å². The maximum absolute atomic E-state index is 6.75. The van der Waals surface area contributed by atoms with Crippen LogP contribution in [0, 0.1) is 0 Å². The molecule has 0 bridgehead atoms. The quantitative estimate of drug-likeness (QED) is 0.407. The topological polar surface area (TPSA) is 46.2 Å². The average Bonchev–Trinajstić information content (AvgIpc) is 2.85. The predicted molar refractivity (Wildman–Crippen MR) is 130 cm³/mol. The highest BCUT2D eigenvalue weighted by atomic mass is 16.5. The highest BCUT2D eigenvalue weighted by Crippen LogP contribution is 2.48. The third-order valence-corrected chi connectivity index (χ3v) is 5.82. The monoisotopic (exact) mass is 446 g/mol. The van der Waals surface area contributed by atoms with Gasteiger partial charge in [0.25, 0.3) is 0 Å². The first-order chi connectivity index (χ1) is 16.0. The molecule has 0 radical (unpaired) electrons. The molecule has 1 atom stereocenters. The first-order valence-corrected chi connectivity index (χ1v) is 11.2. The summed E-state index contributed by atoms with van der Waals surface area (Å²) in [5.41, 5.74) is 3.23. The van der Waals surface area contributed by atoms with Gasteiger partial charge in [-0.2, -0.15) is 0 Å². The summed E-state index contributed by atoms with van der Waals surface area (Å²) in [5.74, 6) is 3.49. The lowest BCUT2D eigenvalue weighted by molar-refractivity contribution is 0.0949. The van der Waals surface area contributed by atoms with E-state index in [0.29, 0.717) is 30.5 Å². The number of rotatable bonds is 8. The maximum Gasteiger partial charge on any atom is 0.161 e. The largest absolute Gasteiger partial charge is 0.493 e. The summed E-state index contributed by atoms with van der Waals surface area (Å²) in [5, 5.41) is 0. The molecule has 0 amide bonds. The standard InChI is InChI=1S/C28H30O5/c1-6-31-23-14-13-19(15-27(23)32-7-2)24-16-20-17-25(29-4)26(30-5)18-22(20)28(3,33-24)21-11-9-8-10-12-21/h8-18H,6-7H2,1-5H3. The van der Waals surface area contributed by atoms with Crippen LogP contribution in [0.3, 0.4) is 0 Å². The smallest absolute Gasteiger partial charge is 0.161 e. The SMILES string of the molecule is CCOc1ccc(C2=Cc3cc(OC)c(OC)cc3C(C)(c3ccccc3)O2)cc1OCC. The number of fused-ring (bicyclic) bond motifs is 1. The first kappa shape index (κ1) is 22.6. The third-order valence-electron chi connectivity index (χ3n) is 5.82. The fourth-order valence-corrected chi connectivity index (χ4v) is 4.19. The molecule has 3 aromatic rings. The molecule has 0 N–H and O–H groups in total. The molecule has 1 aliphatic heterocycles. The Bertz CT molecular complexity index is 1150. The lowest BCUT2D eigenvalue weighted by Crippen LogP contribution is -2.30. The molecule has 0 saturated carbocycles. The van der Waals surface area contributed by atoms with Crippen molar-refractivity contribution in [2.45, 2.75) is 26.4 Å². The Kier molecular flexibility index (Phi) is 6.50. The van der Waals surface area contributed by atoms with Crippen molar-refractivity contribution in [2.75, 3.05) is 27.4 Å². The number of hydrogen-bond acceptors (Lipinski definition) is 5. The summed E-state index contributed by atoms with van der Waals surface area (Å²) in [6.07, 6.45) is 2.04. The Balaban J connectivity index is 1.89. The molecule has 33 heavy (non-hydrogen) atoms. The molecule has 0 saturated heterocycles. The van der Waals surface area contributed by atoms with E-state index in [1.165, 1.54) is 0 Å². The fraction of sp³-hybridized carbons (Fsp3) is 0.286. The van der Waals surface area contributed by atoms with Gasteiger partial charge in [-0.3, -0.25) is 0 Å². The van der Waals surface area contributed by atoms with E-state index < -0.39 is 5.60 Å². The van der Waals surface area contributed by atoms with Crippen LogP contribution in [0.2, 0.25) is 0 Å². The Morgan fingerprint density at radius 2 is 1.42 bits per heavy atom. The lowest BCUT2D eigenvalue weighted by atomic mass is 9.82. The fourth-order valence-electron chi connectivity index (χ4n) is 4.19. The van der Waals surface area contributed by atoms with Crippen LogP contribution < -0.4 is 18.9 Å². The zero-order valence-corrected chi connectivity index (χ0v) is 19.8. The number of methoxy groups -OCH3 is 2. The number of hydrogen-bond donors (Lipinski definition) is 0. The Morgan fingerprint density at radius 1 is 0.758 bits per heavy atom. The molecular formula is C28H30O5. The van der Waals surface area contributed by atoms with Gasteiger partial charge in [-0.25, -0.2) is 0 Å². The van der Waals surface area contributed by atoms with Gasteiger partial charge >= 0.3 is 0 Å². The van der Waals surface area contributed by atoms with Crippen molar-refractivity contribution < 1.29 is 23.7 Å². The summed E-state index contributed by atoms with van der Waals surface area (Å²) in [4.78, 5) is 0. The van der Waals surface area contributed by atoms with Gasteiger partial charge in [0, 0.05) is 11.1 Å². The van der Waals surface area contributed by atoms with E-state index in [1.807, 2.05) is 68.5 Å². The highest BCUT2D eigenvalue weighted by molar-refractivity contribution is 5.83. The molecule has 5 heteroatoms. The summed E-state index contributed by atoms with van der Waals surface area (Å²) in [6, 6.07) is 20.1. The lowest BCUT2D eigenvalue weighted by Gasteiger charge is -2.37. The van der Waals surface area contributed by atoms with E-state index in [-0.39, 0.29) is 0 Å². The Hall–Kier alpha value is -3.60. The molecule has 172 valence electrons. The summed E-state index contributed by atoms with van der Waals surface area (Å²) >= 11 is 0. The first-order valence-electron chi connectivity index (χ1n) is 11.2. The van der Waals surface area contributed by atoms with Crippen molar-refractivity contribution in [3.63, 3.8) is 0 Å². The normalized spacial score (nSPS) is 16.8. The van der Waals surface area contributed by atoms with Crippen molar-refractivity contribution >= 4 is 11.8 Å². The van der Waals surface area contributed by atoms with Crippen molar-refractivity contribution in [3.8, 4) is 23.0 Å². The Morgan fingerprint density at radius 3 is 2.09 bits per heavy atom. The van der Waals surface area contributed by atoms with Crippen LogP contribution in [0.1, 0.15) is 43.0 Å². The average molecular weight is 447 g/mol. The van der Waals surface area contributed by atoms with E-state index in [9.17, 15) is 0 Å². The summed E-state index contributed by atoms with van der Waals surface area (Å²) < 4.78 is 29.5. The zero-order chi connectivity index (χ0) is 23.4. The van der Waals surface area contributed by atoms with Gasteiger partial charge in [0.15, 0.2) is 28.6 Å². The van der Waals surface area contributed by atoms with Gasteiger partial charge < -0.3 is 23.7 Å². The second kappa shape index (κ2) is 9.49. The molecule has 0 aliphatic carbocycles. The highest BCUT2D eigenvalue weighted by Gasteiger charge is 2.38. The molecule has 4 rings (SSSR count). The molecule has 1 aliphatic rings. The minimum atomic E-state index is -0.732. The third kappa shape index (κ3) is 4.23. The molecule has 0 fully saturated rings. The van der Waals surface area contributed by atoms with Crippen LogP contribution in [-0.2, 0) is 10.3 Å². The summed E-state index contributed by atoms with van der Waals surface area (Å²) in [7, 11) is 3.29. The van der Waals surface area contributed by atoms with Crippen LogP contribution in [0.4, 0.5) is 0 Å². The second-order valence-electron chi connectivity index (χ2n) is 7.83. The number of ether oxygens (including phenoxy) is 5. The zero-order valence-electron chi connectivity index (χ0n) is 19.8. The van der Waals surface area contributed by atoms with Crippen LogP contribution in [0.25, 0.3) is 11.8 Å². The van der Waals surface area contributed by atoms with E-state index in [2.05, 4.69) is 19.1 Å².